The molecule has 6 heteroatoms. The van der Waals surface area contributed by atoms with Crippen molar-refractivity contribution in [2.24, 2.45) is 0 Å². The molecule has 1 aromatic heterocycles. The van der Waals surface area contributed by atoms with Gasteiger partial charge in [-0.25, -0.2) is 4.98 Å². The zero-order valence-electron chi connectivity index (χ0n) is 14.0. The first-order valence-electron chi connectivity index (χ1n) is 8.17. The van der Waals surface area contributed by atoms with Crippen molar-refractivity contribution in [3.63, 3.8) is 0 Å². The topological polar surface area (TPSA) is 60.5 Å². The molecule has 1 fully saturated rings. The van der Waals surface area contributed by atoms with E-state index in [1.165, 1.54) is 11.3 Å². The summed E-state index contributed by atoms with van der Waals surface area (Å²) in [5, 5.41) is 3.74. The summed E-state index contributed by atoms with van der Waals surface area (Å²) in [4.78, 5) is 17.4. The van der Waals surface area contributed by atoms with E-state index >= 15 is 0 Å². The van der Waals surface area contributed by atoms with Crippen LogP contribution in [-0.4, -0.2) is 30.1 Å². The lowest BCUT2D eigenvalue weighted by atomic mass is 10.2. The van der Waals surface area contributed by atoms with Gasteiger partial charge in [-0.1, -0.05) is 12.1 Å². The Morgan fingerprint density at radius 3 is 3.08 bits per heavy atom. The van der Waals surface area contributed by atoms with E-state index in [9.17, 15) is 4.79 Å². The van der Waals surface area contributed by atoms with Crippen LogP contribution in [0.3, 0.4) is 0 Å². The van der Waals surface area contributed by atoms with Crippen LogP contribution in [0.4, 0.5) is 0 Å². The minimum absolute atomic E-state index is 0.0812. The SMILES string of the molecule is Cc1cccc(OCc2nc(C)c(C(=O)NC[C@@H]3CCCO3)s2)c1. The lowest BCUT2D eigenvalue weighted by Gasteiger charge is -2.09. The van der Waals surface area contributed by atoms with Gasteiger partial charge in [0.25, 0.3) is 5.91 Å². The molecular formula is C18H22N2O3S. The summed E-state index contributed by atoms with van der Waals surface area (Å²) >= 11 is 1.38. The third-order valence-electron chi connectivity index (χ3n) is 3.91. The molecule has 1 aliphatic rings. The third-order valence-corrected chi connectivity index (χ3v) is 5.04. The van der Waals surface area contributed by atoms with E-state index in [1.807, 2.05) is 38.1 Å². The zero-order valence-corrected chi connectivity index (χ0v) is 14.8. The highest BCUT2D eigenvalue weighted by molar-refractivity contribution is 7.13. The fourth-order valence-electron chi connectivity index (χ4n) is 2.67. The Morgan fingerprint density at radius 1 is 1.46 bits per heavy atom. The van der Waals surface area contributed by atoms with Gasteiger partial charge in [0, 0.05) is 13.2 Å². The van der Waals surface area contributed by atoms with E-state index in [2.05, 4.69) is 10.3 Å². The van der Waals surface area contributed by atoms with Gasteiger partial charge in [0.2, 0.25) is 0 Å². The number of nitrogens with zero attached hydrogens (tertiary/aromatic N) is 1. The standard InChI is InChI=1S/C18H22N2O3S/c1-12-5-3-6-14(9-12)23-11-16-20-13(2)17(24-16)18(21)19-10-15-7-4-8-22-15/h3,5-6,9,15H,4,7-8,10-11H2,1-2H3,(H,19,21)/t15-/m0/s1. The molecule has 3 rings (SSSR count). The molecule has 1 saturated heterocycles. The van der Waals surface area contributed by atoms with Gasteiger partial charge in [-0.3, -0.25) is 4.79 Å². The first kappa shape index (κ1) is 16.9. The number of thiazole rings is 1. The van der Waals surface area contributed by atoms with Gasteiger partial charge in [-0.2, -0.15) is 0 Å². The van der Waals surface area contributed by atoms with Gasteiger partial charge in [-0.15, -0.1) is 11.3 Å². The Labute approximate surface area is 146 Å². The van der Waals surface area contributed by atoms with Crippen molar-refractivity contribution in [3.8, 4) is 5.75 Å². The van der Waals surface area contributed by atoms with Gasteiger partial charge in [-0.05, 0) is 44.4 Å². The Bertz CT molecular complexity index is 708. The highest BCUT2D eigenvalue weighted by Crippen LogP contribution is 2.21. The van der Waals surface area contributed by atoms with Crippen LogP contribution in [-0.2, 0) is 11.3 Å². The van der Waals surface area contributed by atoms with E-state index in [0.29, 0.717) is 18.0 Å². The number of amides is 1. The molecule has 0 unspecified atom stereocenters. The molecule has 0 radical (unpaired) electrons. The van der Waals surface area contributed by atoms with Crippen LogP contribution in [0.25, 0.3) is 0 Å². The first-order chi connectivity index (χ1) is 11.6. The summed E-state index contributed by atoms with van der Waals surface area (Å²) in [6.07, 6.45) is 2.23. The normalized spacial score (nSPS) is 17.0. The molecule has 0 saturated carbocycles. The summed E-state index contributed by atoms with van der Waals surface area (Å²) in [7, 11) is 0. The van der Waals surface area contributed by atoms with Crippen LogP contribution in [0.1, 0.15) is 38.8 Å². The molecule has 0 aliphatic carbocycles. The number of carbonyl (C=O) groups excluding carboxylic acids is 1. The van der Waals surface area contributed by atoms with Crippen molar-refractivity contribution in [1.82, 2.24) is 10.3 Å². The van der Waals surface area contributed by atoms with Gasteiger partial charge < -0.3 is 14.8 Å². The van der Waals surface area contributed by atoms with Crippen LogP contribution in [0.2, 0.25) is 0 Å². The molecule has 1 amide bonds. The molecule has 2 aromatic rings. The first-order valence-corrected chi connectivity index (χ1v) is 8.99. The van der Waals surface area contributed by atoms with Gasteiger partial charge in [0.15, 0.2) is 0 Å². The second-order valence-electron chi connectivity index (χ2n) is 5.97. The minimum Gasteiger partial charge on any atom is -0.486 e. The maximum absolute atomic E-state index is 12.3. The van der Waals surface area contributed by atoms with Crippen molar-refractivity contribution in [2.45, 2.75) is 39.4 Å². The highest BCUT2D eigenvalue weighted by Gasteiger charge is 2.19. The number of hydrogen-bond acceptors (Lipinski definition) is 5. The molecular weight excluding hydrogens is 324 g/mol. The van der Waals surface area contributed by atoms with E-state index in [4.69, 9.17) is 9.47 Å². The summed E-state index contributed by atoms with van der Waals surface area (Å²) in [5.41, 5.74) is 1.89. The number of aromatic nitrogens is 1. The summed E-state index contributed by atoms with van der Waals surface area (Å²) < 4.78 is 11.3. The van der Waals surface area contributed by atoms with Crippen LogP contribution < -0.4 is 10.1 Å². The van der Waals surface area contributed by atoms with Gasteiger partial charge in [0.05, 0.1) is 11.8 Å². The second kappa shape index (κ2) is 7.77. The number of nitrogens with one attached hydrogen (secondary N) is 1. The number of hydrogen-bond donors (Lipinski definition) is 1. The quantitative estimate of drug-likeness (QED) is 0.872. The molecule has 1 N–H and O–H groups in total. The molecule has 128 valence electrons. The fourth-order valence-corrected chi connectivity index (χ4v) is 3.56. The van der Waals surface area contributed by atoms with Crippen molar-refractivity contribution < 1.29 is 14.3 Å². The van der Waals surface area contributed by atoms with Crippen molar-refractivity contribution >= 4 is 17.2 Å². The molecule has 0 spiro atoms. The Morgan fingerprint density at radius 2 is 2.33 bits per heavy atom. The van der Waals surface area contributed by atoms with Crippen molar-refractivity contribution in [1.29, 1.82) is 0 Å². The summed E-state index contributed by atoms with van der Waals surface area (Å²) in [6, 6.07) is 7.89. The molecule has 1 atom stereocenters. The highest BCUT2D eigenvalue weighted by atomic mass is 32.1. The van der Waals surface area contributed by atoms with Crippen LogP contribution in [0.15, 0.2) is 24.3 Å². The Hall–Kier alpha value is -1.92. The maximum Gasteiger partial charge on any atom is 0.263 e. The van der Waals surface area contributed by atoms with Crippen LogP contribution in [0, 0.1) is 13.8 Å². The second-order valence-corrected chi connectivity index (χ2v) is 7.06. The predicted molar refractivity (Wildman–Crippen MR) is 93.7 cm³/mol. The number of rotatable bonds is 6. The van der Waals surface area contributed by atoms with Gasteiger partial charge >= 0.3 is 0 Å². The Kier molecular flexibility index (Phi) is 5.48. The largest absolute Gasteiger partial charge is 0.486 e. The predicted octanol–water partition coefficient (Wildman–Crippen LogP) is 3.25. The molecule has 1 aromatic carbocycles. The van der Waals surface area contributed by atoms with Crippen LogP contribution >= 0.6 is 11.3 Å². The Balaban J connectivity index is 1.56. The molecule has 24 heavy (non-hydrogen) atoms. The van der Waals surface area contributed by atoms with Gasteiger partial charge in [0.1, 0.15) is 22.2 Å². The summed E-state index contributed by atoms with van der Waals surface area (Å²) in [5.74, 6) is 0.731. The number of benzene rings is 1. The van der Waals surface area contributed by atoms with Crippen LogP contribution in [0.5, 0.6) is 5.75 Å². The monoisotopic (exact) mass is 346 g/mol. The molecule has 0 bridgehead atoms. The lowest BCUT2D eigenvalue weighted by molar-refractivity contribution is 0.0860. The third kappa shape index (κ3) is 4.33. The molecule has 5 nitrogen and oxygen atoms in total. The number of carbonyl (C=O) groups is 1. The van der Waals surface area contributed by atoms with E-state index in [1.54, 1.807) is 0 Å². The minimum atomic E-state index is -0.0812. The number of aryl methyl sites for hydroxylation is 2. The maximum atomic E-state index is 12.3. The van der Waals surface area contributed by atoms with Crippen molar-refractivity contribution in [2.75, 3.05) is 13.2 Å². The summed E-state index contributed by atoms with van der Waals surface area (Å²) in [6.45, 7) is 5.60. The van der Waals surface area contributed by atoms with E-state index in [0.717, 1.165) is 41.5 Å². The smallest absolute Gasteiger partial charge is 0.263 e. The fraction of sp³-hybridized carbons (Fsp3) is 0.444. The number of ether oxygens (including phenoxy) is 2. The van der Waals surface area contributed by atoms with E-state index in [-0.39, 0.29) is 12.0 Å². The van der Waals surface area contributed by atoms with Crippen molar-refractivity contribution in [3.05, 3.63) is 45.4 Å². The molecule has 2 heterocycles. The zero-order chi connectivity index (χ0) is 16.9. The lowest BCUT2D eigenvalue weighted by Crippen LogP contribution is -2.31. The average Bonchev–Trinajstić information content (AvgIpc) is 3.20. The van der Waals surface area contributed by atoms with E-state index < -0.39 is 0 Å². The molecule has 1 aliphatic heterocycles. The average molecular weight is 346 g/mol.